The van der Waals surface area contributed by atoms with Gasteiger partial charge in [0.05, 0.1) is 26.1 Å². The second-order valence-electron chi connectivity index (χ2n) is 7.68. The van der Waals surface area contributed by atoms with E-state index < -0.39 is 0 Å². The van der Waals surface area contributed by atoms with Gasteiger partial charge in [-0.2, -0.15) is 62.3 Å². The van der Waals surface area contributed by atoms with Crippen molar-refractivity contribution in [2.45, 2.75) is 99.1 Å². The second kappa shape index (κ2) is 21.2. The standard InChI is InChI=1S/C22H42O4S5/c1-3-5-7-17(27)19(29)9-13-25-21(23)11-15-31-16-12-22(24)26-14-10-20(30)18(28)8-6-4-2/h17-20,27-30H,3-16H2,1-2H3. The van der Waals surface area contributed by atoms with Gasteiger partial charge in [0.25, 0.3) is 0 Å². The highest BCUT2D eigenvalue weighted by Crippen LogP contribution is 2.20. The lowest BCUT2D eigenvalue weighted by Crippen LogP contribution is -2.19. The number of esters is 2. The smallest absolute Gasteiger partial charge is 0.306 e. The summed E-state index contributed by atoms with van der Waals surface area (Å²) in [5.41, 5.74) is 0. The van der Waals surface area contributed by atoms with Gasteiger partial charge < -0.3 is 9.47 Å². The molecule has 0 saturated carbocycles. The van der Waals surface area contributed by atoms with E-state index in [1.807, 2.05) is 0 Å². The summed E-state index contributed by atoms with van der Waals surface area (Å²) in [6.45, 7) is 5.07. The fourth-order valence-electron chi connectivity index (χ4n) is 2.74. The number of ether oxygens (including phenoxy) is 2. The Morgan fingerprint density at radius 2 is 1.03 bits per heavy atom. The summed E-state index contributed by atoms with van der Waals surface area (Å²) < 4.78 is 10.5. The molecule has 0 radical (unpaired) electrons. The van der Waals surface area contributed by atoms with E-state index >= 15 is 0 Å². The van der Waals surface area contributed by atoms with Crippen molar-refractivity contribution in [1.82, 2.24) is 0 Å². The highest BCUT2D eigenvalue weighted by molar-refractivity contribution is 7.99. The molecular weight excluding hydrogens is 489 g/mol. The van der Waals surface area contributed by atoms with E-state index in [1.165, 1.54) is 0 Å². The summed E-state index contributed by atoms with van der Waals surface area (Å²) in [5.74, 6) is 0.868. The minimum atomic E-state index is -0.205. The van der Waals surface area contributed by atoms with Crippen LogP contribution < -0.4 is 0 Å². The van der Waals surface area contributed by atoms with Crippen molar-refractivity contribution in [3.05, 3.63) is 0 Å². The molecular formula is C22H42O4S5. The van der Waals surface area contributed by atoms with Gasteiger partial charge in [-0.05, 0) is 25.7 Å². The molecule has 0 aliphatic carbocycles. The predicted molar refractivity (Wildman–Crippen MR) is 148 cm³/mol. The van der Waals surface area contributed by atoms with Crippen molar-refractivity contribution in [2.24, 2.45) is 0 Å². The van der Waals surface area contributed by atoms with Gasteiger partial charge in [0.15, 0.2) is 0 Å². The van der Waals surface area contributed by atoms with E-state index in [2.05, 4.69) is 64.4 Å². The van der Waals surface area contributed by atoms with Gasteiger partial charge in [0.1, 0.15) is 0 Å². The Morgan fingerprint density at radius 1 is 0.677 bits per heavy atom. The summed E-state index contributed by atoms with van der Waals surface area (Å²) in [7, 11) is 0. The fraction of sp³-hybridized carbons (Fsp3) is 0.909. The summed E-state index contributed by atoms with van der Waals surface area (Å²) in [5, 5.41) is 0.736. The molecule has 4 nitrogen and oxygen atoms in total. The number of rotatable bonds is 20. The van der Waals surface area contributed by atoms with Gasteiger partial charge >= 0.3 is 11.9 Å². The molecule has 0 rings (SSSR count). The van der Waals surface area contributed by atoms with Crippen molar-refractivity contribution in [3.8, 4) is 0 Å². The average molecular weight is 531 g/mol. The Labute approximate surface area is 216 Å². The quantitative estimate of drug-likeness (QED) is 0.0892. The lowest BCUT2D eigenvalue weighted by Gasteiger charge is -2.18. The number of thiol groups is 4. The minimum absolute atomic E-state index is 0.135. The van der Waals surface area contributed by atoms with Gasteiger partial charge in [-0.15, -0.1) is 0 Å². The van der Waals surface area contributed by atoms with Crippen LogP contribution in [-0.4, -0.2) is 57.7 Å². The molecule has 0 aromatic carbocycles. The molecule has 0 saturated heterocycles. The highest BCUT2D eigenvalue weighted by atomic mass is 32.2. The lowest BCUT2D eigenvalue weighted by molar-refractivity contribution is -0.144. The van der Waals surface area contributed by atoms with Gasteiger partial charge in [-0.3, -0.25) is 9.59 Å². The van der Waals surface area contributed by atoms with Gasteiger partial charge in [-0.1, -0.05) is 39.5 Å². The zero-order valence-corrected chi connectivity index (χ0v) is 23.4. The molecule has 0 fully saturated rings. The van der Waals surface area contributed by atoms with Gasteiger partial charge in [0, 0.05) is 32.5 Å². The number of unbranched alkanes of at least 4 members (excludes halogenated alkanes) is 2. The maximum atomic E-state index is 11.8. The van der Waals surface area contributed by atoms with E-state index in [9.17, 15) is 9.59 Å². The molecule has 0 spiro atoms. The van der Waals surface area contributed by atoms with Crippen LogP contribution in [-0.2, 0) is 19.1 Å². The maximum Gasteiger partial charge on any atom is 0.306 e. The molecule has 0 aromatic heterocycles. The third-order valence-corrected chi connectivity index (χ3v) is 8.78. The first-order valence-electron chi connectivity index (χ1n) is 11.4. The van der Waals surface area contributed by atoms with E-state index in [1.54, 1.807) is 11.8 Å². The normalized spacial score (nSPS) is 15.2. The van der Waals surface area contributed by atoms with Gasteiger partial charge in [-0.25, -0.2) is 0 Å². The lowest BCUT2D eigenvalue weighted by atomic mass is 10.1. The predicted octanol–water partition coefficient (Wildman–Crippen LogP) is 5.94. The molecule has 9 heteroatoms. The Kier molecular flexibility index (Phi) is 21.7. The zero-order valence-electron chi connectivity index (χ0n) is 19.0. The van der Waals surface area contributed by atoms with Gasteiger partial charge in [0.2, 0.25) is 0 Å². The number of carbonyl (C=O) groups is 2. The summed E-state index contributed by atoms with van der Waals surface area (Å²) in [6.07, 6.45) is 8.76. The van der Waals surface area contributed by atoms with Crippen molar-refractivity contribution < 1.29 is 19.1 Å². The fourth-order valence-corrected chi connectivity index (χ4v) is 4.74. The summed E-state index contributed by atoms with van der Waals surface area (Å²) in [6, 6.07) is 0. The van der Waals surface area contributed by atoms with Crippen LogP contribution in [0, 0.1) is 0 Å². The molecule has 0 aliphatic heterocycles. The molecule has 0 bridgehead atoms. The van der Waals surface area contributed by atoms with E-state index in [0.29, 0.717) is 50.4 Å². The first kappa shape index (κ1) is 31.7. The van der Waals surface area contributed by atoms with Crippen LogP contribution in [0.4, 0.5) is 0 Å². The zero-order chi connectivity index (χ0) is 23.5. The number of hydrogen-bond donors (Lipinski definition) is 4. The van der Waals surface area contributed by atoms with Crippen LogP contribution in [0.3, 0.4) is 0 Å². The molecule has 0 amide bonds. The average Bonchev–Trinajstić information content (AvgIpc) is 2.75. The molecule has 0 aliphatic rings. The highest BCUT2D eigenvalue weighted by Gasteiger charge is 2.15. The van der Waals surface area contributed by atoms with Crippen LogP contribution in [0.5, 0.6) is 0 Å². The van der Waals surface area contributed by atoms with E-state index in [4.69, 9.17) is 9.47 Å². The Balaban J connectivity index is 3.65. The molecule has 31 heavy (non-hydrogen) atoms. The topological polar surface area (TPSA) is 52.6 Å². The number of carbonyl (C=O) groups excluding carboxylic acids is 2. The van der Waals surface area contributed by atoms with Crippen molar-refractivity contribution in [2.75, 3.05) is 24.7 Å². The van der Waals surface area contributed by atoms with Crippen molar-refractivity contribution in [1.29, 1.82) is 0 Å². The Bertz CT molecular complexity index is 427. The largest absolute Gasteiger partial charge is 0.466 e. The van der Waals surface area contributed by atoms with Crippen LogP contribution in [0.1, 0.15) is 78.1 Å². The van der Waals surface area contributed by atoms with Crippen molar-refractivity contribution in [3.63, 3.8) is 0 Å². The third kappa shape index (κ3) is 18.8. The molecule has 4 atom stereocenters. The third-order valence-electron chi connectivity index (χ3n) is 4.85. The minimum Gasteiger partial charge on any atom is -0.466 e. The first-order valence-corrected chi connectivity index (χ1v) is 14.6. The number of thioether (sulfide) groups is 1. The summed E-state index contributed by atoms with van der Waals surface area (Å²) in [4.78, 5) is 23.6. The molecule has 0 N–H and O–H groups in total. The Morgan fingerprint density at radius 3 is 1.39 bits per heavy atom. The number of hydrogen-bond acceptors (Lipinski definition) is 9. The van der Waals surface area contributed by atoms with Crippen LogP contribution in [0.2, 0.25) is 0 Å². The van der Waals surface area contributed by atoms with Crippen molar-refractivity contribution >= 4 is 74.2 Å². The molecule has 184 valence electrons. The monoisotopic (exact) mass is 530 g/mol. The van der Waals surface area contributed by atoms with E-state index in [0.717, 1.165) is 38.5 Å². The van der Waals surface area contributed by atoms with E-state index in [-0.39, 0.29) is 32.9 Å². The summed E-state index contributed by atoms with van der Waals surface area (Å²) >= 11 is 19.8. The van der Waals surface area contributed by atoms with Crippen LogP contribution in [0.25, 0.3) is 0 Å². The first-order chi connectivity index (χ1) is 14.8. The molecule has 4 unspecified atom stereocenters. The molecule has 0 aromatic rings. The SMILES string of the molecule is CCCCC(S)C(S)CCOC(=O)CCSCCC(=O)OCCC(S)C(S)CCCC. The Hall–Kier alpha value is 0.690. The van der Waals surface area contributed by atoms with Crippen LogP contribution in [0.15, 0.2) is 0 Å². The maximum absolute atomic E-state index is 11.8. The molecule has 0 heterocycles. The second-order valence-corrected chi connectivity index (χ2v) is 11.6. The van der Waals surface area contributed by atoms with Crippen LogP contribution >= 0.6 is 62.3 Å².